The van der Waals surface area contributed by atoms with E-state index in [1.54, 1.807) is 26.0 Å². The maximum absolute atomic E-state index is 12.6. The molecule has 0 aliphatic carbocycles. The molecule has 8 heteroatoms. The minimum absolute atomic E-state index is 0.196. The van der Waals surface area contributed by atoms with Gasteiger partial charge in [-0.15, -0.1) is 0 Å². The van der Waals surface area contributed by atoms with Crippen LogP contribution in [0.15, 0.2) is 11.0 Å². The molecule has 0 saturated carbocycles. The number of carbonyl (C=O) groups is 1. The summed E-state index contributed by atoms with van der Waals surface area (Å²) < 4.78 is 39.5. The maximum Gasteiger partial charge on any atom is 0.406 e. The van der Waals surface area contributed by atoms with Crippen LogP contribution in [0.3, 0.4) is 0 Å². The smallest absolute Gasteiger partial charge is 0.340 e. The van der Waals surface area contributed by atoms with E-state index in [2.05, 4.69) is 0 Å². The number of thioether (sulfide) groups is 1. The highest BCUT2D eigenvalue weighted by atomic mass is 32.2. The van der Waals surface area contributed by atoms with Gasteiger partial charge in [0.15, 0.2) is 0 Å². The van der Waals surface area contributed by atoms with Crippen molar-refractivity contribution in [3.8, 4) is 0 Å². The number of likely N-dealkylation sites (N-methyl/N-ethyl adjacent to an activating group) is 1. The van der Waals surface area contributed by atoms with Crippen molar-refractivity contribution in [1.82, 2.24) is 9.47 Å². The van der Waals surface area contributed by atoms with Crippen molar-refractivity contribution >= 4 is 40.3 Å². The molecule has 22 heavy (non-hydrogen) atoms. The van der Waals surface area contributed by atoms with Gasteiger partial charge >= 0.3 is 6.18 Å². The first-order valence-corrected chi connectivity index (χ1v) is 7.85. The van der Waals surface area contributed by atoms with Crippen LogP contribution in [0, 0.1) is 13.8 Å². The number of thiocarbonyl (C=S) groups is 1. The zero-order valence-electron chi connectivity index (χ0n) is 12.3. The molecule has 2 rings (SSSR count). The number of amides is 1. The van der Waals surface area contributed by atoms with Gasteiger partial charge < -0.3 is 4.57 Å². The lowest BCUT2D eigenvalue weighted by Crippen LogP contribution is -2.27. The van der Waals surface area contributed by atoms with Crippen LogP contribution in [0.1, 0.15) is 23.9 Å². The molecule has 1 aliphatic heterocycles. The van der Waals surface area contributed by atoms with Gasteiger partial charge in [-0.25, -0.2) is 0 Å². The largest absolute Gasteiger partial charge is 0.406 e. The molecule has 1 aromatic rings. The Morgan fingerprint density at radius 2 is 2.00 bits per heavy atom. The summed E-state index contributed by atoms with van der Waals surface area (Å²) in [5.41, 5.74) is 1.60. The van der Waals surface area contributed by atoms with Gasteiger partial charge in [0.1, 0.15) is 10.9 Å². The van der Waals surface area contributed by atoms with E-state index < -0.39 is 12.7 Å². The molecule has 0 spiro atoms. The third-order valence-corrected chi connectivity index (χ3v) is 4.80. The number of hydrogen-bond donors (Lipinski definition) is 0. The molecule has 0 radical (unpaired) electrons. The van der Waals surface area contributed by atoms with Crippen LogP contribution in [0.4, 0.5) is 13.2 Å². The van der Waals surface area contributed by atoms with E-state index in [4.69, 9.17) is 12.2 Å². The number of carbonyl (C=O) groups excluding carboxylic acids is 1. The summed E-state index contributed by atoms with van der Waals surface area (Å²) in [6.07, 6.45) is -2.67. The number of rotatable bonds is 3. The second-order valence-corrected chi connectivity index (χ2v) is 6.63. The van der Waals surface area contributed by atoms with Gasteiger partial charge in [0.25, 0.3) is 5.91 Å². The van der Waals surface area contributed by atoms with Crippen LogP contribution in [-0.4, -0.2) is 32.4 Å². The number of alkyl halides is 3. The molecule has 2 heterocycles. The number of aromatic nitrogens is 1. The third-order valence-electron chi connectivity index (χ3n) is 3.43. The van der Waals surface area contributed by atoms with Crippen LogP contribution in [0.5, 0.6) is 0 Å². The second-order valence-electron chi connectivity index (χ2n) is 4.95. The van der Waals surface area contributed by atoms with E-state index in [0.29, 0.717) is 32.7 Å². The fourth-order valence-electron chi connectivity index (χ4n) is 2.31. The highest BCUT2D eigenvalue weighted by molar-refractivity contribution is 8.26. The summed E-state index contributed by atoms with van der Waals surface area (Å²) in [4.78, 5) is 14.1. The summed E-state index contributed by atoms with van der Waals surface area (Å²) in [6.45, 7) is 4.50. The second kappa shape index (κ2) is 6.08. The fraction of sp³-hybridized carbons (Fsp3) is 0.429. The number of hydrogen-bond acceptors (Lipinski definition) is 3. The summed E-state index contributed by atoms with van der Waals surface area (Å²) in [5, 5.41) is 0. The van der Waals surface area contributed by atoms with Gasteiger partial charge in [0, 0.05) is 17.9 Å². The van der Waals surface area contributed by atoms with Crippen molar-refractivity contribution in [3.05, 3.63) is 27.9 Å². The van der Waals surface area contributed by atoms with Crippen LogP contribution in [-0.2, 0) is 11.3 Å². The van der Waals surface area contributed by atoms with Gasteiger partial charge in [-0.3, -0.25) is 9.69 Å². The lowest BCUT2D eigenvalue weighted by atomic mass is 10.2. The van der Waals surface area contributed by atoms with E-state index in [1.165, 1.54) is 21.2 Å². The molecular weight excluding hydrogens is 333 g/mol. The van der Waals surface area contributed by atoms with E-state index in [0.717, 1.165) is 0 Å². The third kappa shape index (κ3) is 3.38. The van der Waals surface area contributed by atoms with Gasteiger partial charge in [-0.1, -0.05) is 24.0 Å². The lowest BCUT2D eigenvalue weighted by Gasteiger charge is -2.12. The Morgan fingerprint density at radius 1 is 1.36 bits per heavy atom. The lowest BCUT2D eigenvalue weighted by molar-refractivity contribution is -0.141. The van der Waals surface area contributed by atoms with E-state index in [1.807, 2.05) is 6.92 Å². The highest BCUT2D eigenvalue weighted by Crippen LogP contribution is 2.33. The zero-order chi connectivity index (χ0) is 16.7. The Morgan fingerprint density at radius 3 is 2.50 bits per heavy atom. The Bertz CT molecular complexity index is 662. The molecule has 120 valence electrons. The predicted molar refractivity (Wildman–Crippen MR) is 85.5 cm³/mol. The standard InChI is InChI=1S/C14H15F3N2OS2/c1-4-18-12(20)11(22-13(18)21)6-10-5-8(2)19(9(10)3)7-14(15,16)17/h5-6H,4,7H2,1-3H3. The molecule has 3 nitrogen and oxygen atoms in total. The van der Waals surface area contributed by atoms with Gasteiger partial charge in [0.2, 0.25) is 0 Å². The topological polar surface area (TPSA) is 25.2 Å². The molecular formula is C14H15F3N2OS2. The Kier molecular flexibility index (Phi) is 4.72. The Balaban J connectivity index is 2.36. The van der Waals surface area contributed by atoms with Gasteiger partial charge in [-0.05, 0) is 38.5 Å². The fourth-order valence-corrected chi connectivity index (χ4v) is 3.69. The molecule has 1 aromatic heterocycles. The number of aryl methyl sites for hydroxylation is 1. The molecule has 1 amide bonds. The highest BCUT2D eigenvalue weighted by Gasteiger charge is 2.32. The van der Waals surface area contributed by atoms with Gasteiger partial charge in [-0.2, -0.15) is 13.2 Å². The van der Waals surface area contributed by atoms with Crippen LogP contribution < -0.4 is 0 Å². The van der Waals surface area contributed by atoms with Crippen molar-refractivity contribution in [2.45, 2.75) is 33.5 Å². The summed E-state index contributed by atoms with van der Waals surface area (Å²) in [6, 6.07) is 1.65. The predicted octanol–water partition coefficient (Wildman–Crippen LogP) is 3.89. The molecule has 0 atom stereocenters. The molecule has 1 fully saturated rings. The van der Waals surface area contributed by atoms with Crippen molar-refractivity contribution in [1.29, 1.82) is 0 Å². The van der Waals surface area contributed by atoms with Crippen LogP contribution >= 0.6 is 24.0 Å². The SMILES string of the molecule is CCN1C(=O)C(=Cc2cc(C)n(CC(F)(F)F)c2C)SC1=S. The van der Waals surface area contributed by atoms with E-state index >= 15 is 0 Å². The molecule has 0 bridgehead atoms. The quantitative estimate of drug-likeness (QED) is 0.612. The van der Waals surface area contributed by atoms with E-state index in [-0.39, 0.29) is 5.91 Å². The van der Waals surface area contributed by atoms with Crippen LogP contribution in [0.2, 0.25) is 0 Å². The normalized spacial score (nSPS) is 17.9. The Labute approximate surface area is 136 Å². The first kappa shape index (κ1) is 17.1. The Hall–Kier alpha value is -1.28. The molecule has 0 unspecified atom stereocenters. The monoisotopic (exact) mass is 348 g/mol. The maximum atomic E-state index is 12.6. The van der Waals surface area contributed by atoms with Crippen molar-refractivity contribution < 1.29 is 18.0 Å². The minimum Gasteiger partial charge on any atom is -0.340 e. The van der Waals surface area contributed by atoms with E-state index in [9.17, 15) is 18.0 Å². The average Bonchev–Trinajstić information content (AvgIpc) is 2.80. The van der Waals surface area contributed by atoms with Crippen molar-refractivity contribution in [2.75, 3.05) is 6.54 Å². The summed E-state index contributed by atoms with van der Waals surface area (Å²) in [7, 11) is 0. The molecule has 1 aliphatic rings. The van der Waals surface area contributed by atoms with Crippen molar-refractivity contribution in [2.24, 2.45) is 0 Å². The van der Waals surface area contributed by atoms with Gasteiger partial charge in [0.05, 0.1) is 4.91 Å². The van der Waals surface area contributed by atoms with Crippen molar-refractivity contribution in [3.63, 3.8) is 0 Å². The number of nitrogens with zero attached hydrogens (tertiary/aromatic N) is 2. The zero-order valence-corrected chi connectivity index (χ0v) is 14.0. The first-order valence-electron chi connectivity index (χ1n) is 6.63. The minimum atomic E-state index is -4.28. The molecule has 1 saturated heterocycles. The number of halogens is 3. The molecule has 0 aromatic carbocycles. The first-order chi connectivity index (χ1) is 10.1. The molecule has 0 N–H and O–H groups in total. The van der Waals surface area contributed by atoms with Crippen LogP contribution in [0.25, 0.3) is 6.08 Å². The average molecular weight is 348 g/mol. The summed E-state index contributed by atoms with van der Waals surface area (Å²) >= 11 is 6.29. The summed E-state index contributed by atoms with van der Waals surface area (Å²) in [5.74, 6) is -0.196.